The lowest BCUT2D eigenvalue weighted by Gasteiger charge is -2.26. The van der Waals surface area contributed by atoms with Gasteiger partial charge in [0.25, 0.3) is 0 Å². The summed E-state index contributed by atoms with van der Waals surface area (Å²) in [6, 6.07) is 4.13. The van der Waals surface area contributed by atoms with Crippen LogP contribution in [0.15, 0.2) is 22.7 Å². The van der Waals surface area contributed by atoms with Crippen LogP contribution in [0.3, 0.4) is 0 Å². The molecule has 0 bridgehead atoms. The number of carbonyl (C=O) groups is 2. The maximum atomic E-state index is 13.2. The average molecular weight is 360 g/mol. The summed E-state index contributed by atoms with van der Waals surface area (Å²) in [5.41, 5.74) is -0.420. The Labute approximate surface area is 131 Å². The molecular formula is C15H19BrFNO3. The molecule has 21 heavy (non-hydrogen) atoms. The number of aliphatic carboxylic acids is 1. The fourth-order valence-corrected chi connectivity index (χ4v) is 2.45. The molecule has 0 aliphatic rings. The largest absolute Gasteiger partial charge is 0.481 e. The van der Waals surface area contributed by atoms with Crippen LogP contribution in [0.5, 0.6) is 0 Å². The van der Waals surface area contributed by atoms with E-state index in [1.54, 1.807) is 13.8 Å². The van der Waals surface area contributed by atoms with E-state index in [0.717, 1.165) is 0 Å². The third-order valence-electron chi connectivity index (χ3n) is 3.79. The van der Waals surface area contributed by atoms with E-state index >= 15 is 0 Å². The third kappa shape index (κ3) is 4.52. The highest BCUT2D eigenvalue weighted by molar-refractivity contribution is 9.10. The maximum absolute atomic E-state index is 13.2. The van der Waals surface area contributed by atoms with Crippen molar-refractivity contribution in [1.29, 1.82) is 0 Å². The zero-order valence-corrected chi connectivity index (χ0v) is 13.7. The van der Waals surface area contributed by atoms with Gasteiger partial charge in [-0.1, -0.05) is 29.8 Å². The van der Waals surface area contributed by atoms with Gasteiger partial charge in [0.2, 0.25) is 5.91 Å². The summed E-state index contributed by atoms with van der Waals surface area (Å²) >= 11 is 3.26. The molecule has 0 radical (unpaired) electrons. The highest BCUT2D eigenvalue weighted by atomic mass is 79.9. The normalized spacial score (nSPS) is 11.2. The van der Waals surface area contributed by atoms with E-state index in [-0.39, 0.29) is 18.9 Å². The number of benzene rings is 1. The topological polar surface area (TPSA) is 66.4 Å². The average Bonchev–Trinajstić information content (AvgIpc) is 2.44. The van der Waals surface area contributed by atoms with Gasteiger partial charge in [0.05, 0.1) is 11.8 Å². The molecule has 0 spiro atoms. The molecule has 116 valence electrons. The van der Waals surface area contributed by atoms with Gasteiger partial charge < -0.3 is 10.4 Å². The Hall–Kier alpha value is -1.43. The van der Waals surface area contributed by atoms with E-state index in [1.807, 2.05) is 0 Å². The number of carboxylic acid groups (broad SMARTS) is 1. The monoisotopic (exact) mass is 359 g/mol. The fourth-order valence-electron chi connectivity index (χ4n) is 2.06. The van der Waals surface area contributed by atoms with Crippen LogP contribution in [0.4, 0.5) is 4.39 Å². The Morgan fingerprint density at radius 2 is 1.95 bits per heavy atom. The van der Waals surface area contributed by atoms with Gasteiger partial charge in [0.1, 0.15) is 5.82 Å². The zero-order valence-electron chi connectivity index (χ0n) is 12.1. The van der Waals surface area contributed by atoms with Crippen LogP contribution in [0, 0.1) is 11.2 Å². The highest BCUT2D eigenvalue weighted by Crippen LogP contribution is 2.26. The van der Waals surface area contributed by atoms with Gasteiger partial charge in [0.15, 0.2) is 0 Å². The lowest BCUT2D eigenvalue weighted by molar-refractivity contribution is -0.149. The maximum Gasteiger partial charge on any atom is 0.311 e. The molecule has 0 fully saturated rings. The van der Waals surface area contributed by atoms with Crippen molar-refractivity contribution in [2.24, 2.45) is 5.41 Å². The Morgan fingerprint density at radius 3 is 2.48 bits per heavy atom. The molecule has 1 amide bonds. The summed E-state index contributed by atoms with van der Waals surface area (Å²) in [7, 11) is 0. The van der Waals surface area contributed by atoms with E-state index in [2.05, 4.69) is 21.2 Å². The highest BCUT2D eigenvalue weighted by Gasteiger charge is 2.35. The minimum Gasteiger partial charge on any atom is -0.481 e. The quantitative estimate of drug-likeness (QED) is 0.785. The van der Waals surface area contributed by atoms with Crippen molar-refractivity contribution in [3.8, 4) is 0 Å². The molecule has 4 nitrogen and oxygen atoms in total. The van der Waals surface area contributed by atoms with Gasteiger partial charge in [-0.3, -0.25) is 9.59 Å². The predicted molar refractivity (Wildman–Crippen MR) is 81.5 cm³/mol. The van der Waals surface area contributed by atoms with E-state index < -0.39 is 17.2 Å². The summed E-state index contributed by atoms with van der Waals surface area (Å²) in [4.78, 5) is 23.3. The number of hydrogen-bond donors (Lipinski definition) is 2. The van der Waals surface area contributed by atoms with Gasteiger partial charge >= 0.3 is 5.97 Å². The first-order valence-corrected chi connectivity index (χ1v) is 7.58. The van der Waals surface area contributed by atoms with E-state index in [9.17, 15) is 19.1 Å². The second kappa shape index (κ2) is 7.54. The van der Waals surface area contributed by atoms with Crippen molar-refractivity contribution < 1.29 is 19.1 Å². The first kappa shape index (κ1) is 17.6. The predicted octanol–water partition coefficient (Wildman–Crippen LogP) is 3.14. The molecule has 0 unspecified atom stereocenters. The van der Waals surface area contributed by atoms with Gasteiger partial charge in [0, 0.05) is 11.0 Å². The molecule has 0 atom stereocenters. The van der Waals surface area contributed by atoms with Crippen molar-refractivity contribution in [2.75, 3.05) is 6.54 Å². The Bertz CT molecular complexity index is 530. The summed E-state index contributed by atoms with van der Waals surface area (Å²) in [5.74, 6) is -1.66. The standard InChI is InChI=1S/C15H19BrFNO3/c1-3-15(4-2,14(20)21)9-18-13(19)8-10-7-11(17)5-6-12(10)16/h5-7H,3-4,8-9H2,1-2H3,(H,18,19)(H,20,21). The Morgan fingerprint density at radius 1 is 1.33 bits per heavy atom. The Kier molecular flexibility index (Phi) is 6.33. The smallest absolute Gasteiger partial charge is 0.311 e. The van der Waals surface area contributed by atoms with Crippen LogP contribution in [0.2, 0.25) is 0 Å². The minimum absolute atomic E-state index is 0.00146. The molecule has 0 saturated heterocycles. The van der Waals surface area contributed by atoms with Crippen molar-refractivity contribution in [2.45, 2.75) is 33.1 Å². The van der Waals surface area contributed by atoms with Gasteiger partial charge in [-0.2, -0.15) is 0 Å². The molecule has 1 rings (SSSR count). The SMILES string of the molecule is CCC(CC)(CNC(=O)Cc1cc(F)ccc1Br)C(=O)O. The van der Waals surface area contributed by atoms with Crippen LogP contribution in [-0.4, -0.2) is 23.5 Å². The molecule has 0 saturated carbocycles. The number of amides is 1. The molecule has 6 heteroatoms. The molecule has 2 N–H and O–H groups in total. The van der Waals surface area contributed by atoms with Crippen LogP contribution < -0.4 is 5.32 Å². The van der Waals surface area contributed by atoms with Crippen molar-refractivity contribution in [3.63, 3.8) is 0 Å². The van der Waals surface area contributed by atoms with E-state index in [1.165, 1.54) is 18.2 Å². The Balaban J connectivity index is 2.70. The summed E-state index contributed by atoms with van der Waals surface area (Å²) in [6.45, 7) is 3.64. The number of nitrogens with one attached hydrogen (secondary N) is 1. The second-order valence-electron chi connectivity index (χ2n) is 4.98. The van der Waals surface area contributed by atoms with Gasteiger partial charge in [-0.25, -0.2) is 4.39 Å². The molecule has 0 aliphatic carbocycles. The summed E-state index contributed by atoms with van der Waals surface area (Å²) in [5, 5.41) is 11.9. The second-order valence-corrected chi connectivity index (χ2v) is 5.84. The van der Waals surface area contributed by atoms with Crippen LogP contribution >= 0.6 is 15.9 Å². The lowest BCUT2D eigenvalue weighted by atomic mass is 9.82. The lowest BCUT2D eigenvalue weighted by Crippen LogP contribution is -2.42. The molecule has 1 aromatic rings. The number of rotatable bonds is 7. The van der Waals surface area contributed by atoms with Crippen LogP contribution in [-0.2, 0) is 16.0 Å². The summed E-state index contributed by atoms with van der Waals surface area (Å²) < 4.78 is 13.8. The van der Waals surface area contributed by atoms with Crippen molar-refractivity contribution in [1.82, 2.24) is 5.32 Å². The molecule has 0 aromatic heterocycles. The van der Waals surface area contributed by atoms with E-state index in [4.69, 9.17) is 0 Å². The number of carbonyl (C=O) groups excluding carboxylic acids is 1. The zero-order chi connectivity index (χ0) is 16.0. The summed E-state index contributed by atoms with van der Waals surface area (Å²) in [6.07, 6.45) is 0.868. The number of halogens is 2. The fraction of sp³-hybridized carbons (Fsp3) is 0.467. The van der Waals surface area contributed by atoms with Crippen LogP contribution in [0.1, 0.15) is 32.3 Å². The molecular weight excluding hydrogens is 341 g/mol. The van der Waals surface area contributed by atoms with Gasteiger partial charge in [-0.15, -0.1) is 0 Å². The first-order chi connectivity index (χ1) is 9.84. The number of carboxylic acids is 1. The molecule has 1 aromatic carbocycles. The number of hydrogen-bond acceptors (Lipinski definition) is 2. The molecule has 0 aliphatic heterocycles. The van der Waals surface area contributed by atoms with Gasteiger partial charge in [-0.05, 0) is 36.6 Å². The van der Waals surface area contributed by atoms with Crippen molar-refractivity contribution >= 4 is 27.8 Å². The van der Waals surface area contributed by atoms with Crippen LogP contribution in [0.25, 0.3) is 0 Å². The minimum atomic E-state index is -0.950. The van der Waals surface area contributed by atoms with Crippen molar-refractivity contribution in [3.05, 3.63) is 34.1 Å². The molecule has 0 heterocycles. The van der Waals surface area contributed by atoms with E-state index in [0.29, 0.717) is 22.9 Å². The first-order valence-electron chi connectivity index (χ1n) is 6.78. The third-order valence-corrected chi connectivity index (χ3v) is 4.56.